The second-order valence-electron chi connectivity index (χ2n) is 6.20. The van der Waals surface area contributed by atoms with Gasteiger partial charge in [-0.2, -0.15) is 13.2 Å². The first kappa shape index (κ1) is 22.2. The molecule has 0 radical (unpaired) electrons. The number of ether oxygens (including phenoxy) is 1. The molecule has 0 atom stereocenters. The lowest BCUT2D eigenvalue weighted by Gasteiger charge is -2.12. The van der Waals surface area contributed by atoms with Gasteiger partial charge in [-0.05, 0) is 36.4 Å². The zero-order valence-electron chi connectivity index (χ0n) is 15.9. The molecular formula is C22H16ClF3N2O3. The lowest BCUT2D eigenvalue weighted by atomic mass is 10.1. The lowest BCUT2D eigenvalue weighted by molar-refractivity contribution is -0.137. The number of halogens is 4. The molecule has 31 heavy (non-hydrogen) atoms. The monoisotopic (exact) mass is 448 g/mol. The highest BCUT2D eigenvalue weighted by atomic mass is 35.5. The largest absolute Gasteiger partial charge is 0.455 e. The Hall–Kier alpha value is -3.52. The van der Waals surface area contributed by atoms with Gasteiger partial charge in [0, 0.05) is 10.6 Å². The molecule has 3 aromatic rings. The van der Waals surface area contributed by atoms with E-state index in [0.717, 1.165) is 12.3 Å². The molecule has 160 valence electrons. The van der Waals surface area contributed by atoms with Crippen LogP contribution < -0.4 is 10.1 Å². The smallest absolute Gasteiger partial charge is 0.417 e. The molecule has 0 aliphatic carbocycles. The second-order valence-corrected chi connectivity index (χ2v) is 6.63. The van der Waals surface area contributed by atoms with E-state index in [2.05, 4.69) is 10.5 Å². The maximum atomic E-state index is 13.0. The van der Waals surface area contributed by atoms with Gasteiger partial charge < -0.3 is 14.9 Å². The summed E-state index contributed by atoms with van der Waals surface area (Å²) in [5.74, 6) is 0.317. The van der Waals surface area contributed by atoms with Crippen molar-refractivity contribution in [1.82, 2.24) is 0 Å². The Morgan fingerprint density at radius 2 is 1.74 bits per heavy atom. The standard InChI is InChI=1S/C22H16ClF3N2O3/c23-16-10-11-20(31-17-7-2-1-3-8-17)19(12-16)28-21(29)14-30-27-13-15-6-4-5-9-18(15)22(24,25)26/h1-13H,14H2,(H,28,29)/b27-13+. The number of alkyl halides is 3. The van der Waals surface area contributed by atoms with Crippen molar-refractivity contribution < 1.29 is 27.5 Å². The molecule has 0 aliphatic heterocycles. The van der Waals surface area contributed by atoms with Gasteiger partial charge in [-0.15, -0.1) is 0 Å². The zero-order chi connectivity index (χ0) is 22.3. The van der Waals surface area contributed by atoms with Gasteiger partial charge in [-0.1, -0.05) is 53.2 Å². The summed E-state index contributed by atoms with van der Waals surface area (Å²) in [6.45, 7) is -0.526. The second kappa shape index (κ2) is 9.99. The Morgan fingerprint density at radius 1 is 1.03 bits per heavy atom. The van der Waals surface area contributed by atoms with Gasteiger partial charge in [0.05, 0.1) is 17.5 Å². The molecular weight excluding hydrogens is 433 g/mol. The number of hydrogen-bond donors (Lipinski definition) is 1. The first-order valence-electron chi connectivity index (χ1n) is 8.97. The van der Waals surface area contributed by atoms with Crippen molar-refractivity contribution in [2.75, 3.05) is 11.9 Å². The van der Waals surface area contributed by atoms with E-state index in [1.165, 1.54) is 24.3 Å². The van der Waals surface area contributed by atoms with E-state index < -0.39 is 24.3 Å². The third kappa shape index (κ3) is 6.48. The van der Waals surface area contributed by atoms with Gasteiger partial charge in [0.15, 0.2) is 12.4 Å². The van der Waals surface area contributed by atoms with E-state index >= 15 is 0 Å². The minimum Gasteiger partial charge on any atom is -0.455 e. The maximum absolute atomic E-state index is 13.0. The molecule has 3 rings (SSSR count). The molecule has 0 saturated heterocycles. The van der Waals surface area contributed by atoms with Gasteiger partial charge in [-0.3, -0.25) is 4.79 Å². The van der Waals surface area contributed by atoms with Crippen LogP contribution in [0, 0.1) is 0 Å². The summed E-state index contributed by atoms with van der Waals surface area (Å²) in [4.78, 5) is 17.0. The van der Waals surface area contributed by atoms with E-state index in [1.807, 2.05) is 6.07 Å². The molecule has 0 unspecified atom stereocenters. The number of amides is 1. The lowest BCUT2D eigenvalue weighted by Crippen LogP contribution is -2.17. The number of oxime groups is 1. The van der Waals surface area contributed by atoms with Crippen molar-refractivity contribution >= 4 is 29.4 Å². The number of nitrogens with zero attached hydrogens (tertiary/aromatic N) is 1. The number of anilines is 1. The highest BCUT2D eigenvalue weighted by Crippen LogP contribution is 2.32. The molecule has 3 aromatic carbocycles. The fourth-order valence-electron chi connectivity index (χ4n) is 2.55. The molecule has 0 fully saturated rings. The van der Waals surface area contributed by atoms with Crippen LogP contribution in [0.4, 0.5) is 18.9 Å². The summed E-state index contributed by atoms with van der Waals surface area (Å²) in [5, 5.41) is 6.41. The number of para-hydroxylation sites is 1. The van der Waals surface area contributed by atoms with Crippen LogP contribution in [0.3, 0.4) is 0 Å². The first-order valence-corrected chi connectivity index (χ1v) is 9.34. The Morgan fingerprint density at radius 3 is 2.48 bits per heavy atom. The number of carbonyl (C=O) groups is 1. The Labute approximate surface area is 181 Å². The summed E-state index contributed by atoms with van der Waals surface area (Å²) in [6.07, 6.45) is -3.62. The third-order valence-corrected chi connectivity index (χ3v) is 4.15. The van der Waals surface area contributed by atoms with Gasteiger partial charge in [0.1, 0.15) is 5.75 Å². The van der Waals surface area contributed by atoms with E-state index in [-0.39, 0.29) is 5.56 Å². The Kier molecular flexibility index (Phi) is 7.15. The summed E-state index contributed by atoms with van der Waals surface area (Å²) >= 11 is 6.00. The van der Waals surface area contributed by atoms with Crippen LogP contribution in [-0.4, -0.2) is 18.7 Å². The Balaban J connectivity index is 1.62. The molecule has 0 saturated carbocycles. The molecule has 5 nitrogen and oxygen atoms in total. The average Bonchev–Trinajstić information content (AvgIpc) is 2.73. The van der Waals surface area contributed by atoms with Crippen molar-refractivity contribution in [3.05, 3.63) is 88.9 Å². The van der Waals surface area contributed by atoms with Crippen molar-refractivity contribution in [3.63, 3.8) is 0 Å². The fraction of sp³-hybridized carbons (Fsp3) is 0.0909. The minimum atomic E-state index is -4.53. The van der Waals surface area contributed by atoms with Crippen molar-refractivity contribution in [2.24, 2.45) is 5.16 Å². The van der Waals surface area contributed by atoms with Gasteiger partial charge in [0.2, 0.25) is 0 Å². The molecule has 0 aliphatic rings. The average molecular weight is 449 g/mol. The first-order chi connectivity index (χ1) is 14.8. The third-order valence-electron chi connectivity index (χ3n) is 3.91. The molecule has 1 N–H and O–H groups in total. The molecule has 0 spiro atoms. The van der Waals surface area contributed by atoms with Crippen LogP contribution in [0.15, 0.2) is 78.0 Å². The molecule has 1 amide bonds. The quantitative estimate of drug-likeness (QED) is 0.349. The van der Waals surface area contributed by atoms with Crippen LogP contribution in [0.25, 0.3) is 0 Å². The minimum absolute atomic E-state index is 0.177. The van der Waals surface area contributed by atoms with Crippen LogP contribution in [0.5, 0.6) is 11.5 Å². The molecule has 9 heteroatoms. The van der Waals surface area contributed by atoms with Gasteiger partial charge >= 0.3 is 6.18 Å². The summed E-state index contributed by atoms with van der Waals surface area (Å²) in [5.41, 5.74) is -0.728. The van der Waals surface area contributed by atoms with Gasteiger partial charge in [0.25, 0.3) is 5.91 Å². The van der Waals surface area contributed by atoms with Crippen LogP contribution >= 0.6 is 11.6 Å². The number of carbonyl (C=O) groups excluding carboxylic acids is 1. The summed E-state index contributed by atoms with van der Waals surface area (Å²) in [6, 6.07) is 18.5. The van der Waals surface area contributed by atoms with Gasteiger partial charge in [-0.25, -0.2) is 0 Å². The van der Waals surface area contributed by atoms with Crippen molar-refractivity contribution in [2.45, 2.75) is 6.18 Å². The van der Waals surface area contributed by atoms with E-state index in [4.69, 9.17) is 21.2 Å². The van der Waals surface area contributed by atoms with E-state index in [0.29, 0.717) is 22.2 Å². The highest BCUT2D eigenvalue weighted by molar-refractivity contribution is 6.31. The molecule has 0 aromatic heterocycles. The topological polar surface area (TPSA) is 59.9 Å². The maximum Gasteiger partial charge on any atom is 0.417 e. The predicted octanol–water partition coefficient (Wildman–Crippen LogP) is 6.14. The molecule has 0 heterocycles. The zero-order valence-corrected chi connectivity index (χ0v) is 16.7. The number of benzene rings is 3. The van der Waals surface area contributed by atoms with E-state index in [1.54, 1.807) is 36.4 Å². The number of nitrogens with one attached hydrogen (secondary N) is 1. The number of rotatable bonds is 7. The van der Waals surface area contributed by atoms with Crippen LogP contribution in [0.2, 0.25) is 5.02 Å². The Bertz CT molecular complexity index is 1070. The SMILES string of the molecule is O=C(CO/N=C/c1ccccc1C(F)(F)F)Nc1cc(Cl)ccc1Oc1ccccc1. The van der Waals surface area contributed by atoms with Crippen LogP contribution in [-0.2, 0) is 15.8 Å². The van der Waals surface area contributed by atoms with Crippen molar-refractivity contribution in [1.29, 1.82) is 0 Å². The van der Waals surface area contributed by atoms with Crippen molar-refractivity contribution in [3.8, 4) is 11.5 Å². The highest BCUT2D eigenvalue weighted by Gasteiger charge is 2.32. The summed E-state index contributed by atoms with van der Waals surface area (Å²) in [7, 11) is 0. The predicted molar refractivity (Wildman–Crippen MR) is 112 cm³/mol. The normalized spacial score (nSPS) is 11.4. The fourth-order valence-corrected chi connectivity index (χ4v) is 2.72. The van der Waals surface area contributed by atoms with E-state index in [9.17, 15) is 18.0 Å². The molecule has 0 bridgehead atoms. The van der Waals surface area contributed by atoms with Crippen LogP contribution in [0.1, 0.15) is 11.1 Å². The summed E-state index contributed by atoms with van der Waals surface area (Å²) < 4.78 is 44.6. The number of hydrogen-bond acceptors (Lipinski definition) is 4.